The summed E-state index contributed by atoms with van der Waals surface area (Å²) in [6, 6.07) is 11.6. The lowest BCUT2D eigenvalue weighted by molar-refractivity contribution is -0.120. The molecule has 0 radical (unpaired) electrons. The lowest BCUT2D eigenvalue weighted by Gasteiger charge is -2.20. The summed E-state index contributed by atoms with van der Waals surface area (Å²) in [5.41, 5.74) is 1.87. The lowest BCUT2D eigenvalue weighted by atomic mass is 9.88. The number of rotatable bonds is 5. The molecule has 0 atom stereocenters. The van der Waals surface area contributed by atoms with Gasteiger partial charge < -0.3 is 15.1 Å². The van der Waals surface area contributed by atoms with Gasteiger partial charge in [0.1, 0.15) is 5.76 Å². The summed E-state index contributed by atoms with van der Waals surface area (Å²) in [5.74, 6) is 1.25. The van der Waals surface area contributed by atoms with Gasteiger partial charge in [0.15, 0.2) is 0 Å². The fourth-order valence-corrected chi connectivity index (χ4v) is 2.88. The molecule has 1 aromatic carbocycles. The second kappa shape index (κ2) is 7.16. The average Bonchev–Trinajstić information content (AvgIpc) is 3.08. The van der Waals surface area contributed by atoms with E-state index in [1.807, 2.05) is 36.4 Å². The number of hydrogen-bond donors (Lipinski definition) is 2. The summed E-state index contributed by atoms with van der Waals surface area (Å²) in [6.45, 7) is 0.654. The quantitative estimate of drug-likeness (QED) is 0.859. The fourth-order valence-electron chi connectivity index (χ4n) is 2.88. The van der Waals surface area contributed by atoms with E-state index in [1.165, 1.54) is 19.3 Å². The molecule has 2 N–H and O–H groups in total. The number of furan rings is 1. The Bertz CT molecular complexity index is 584. The highest BCUT2D eigenvalue weighted by atomic mass is 16.3. The van der Waals surface area contributed by atoms with E-state index < -0.39 is 0 Å². The average molecular weight is 298 g/mol. The maximum absolute atomic E-state index is 12.2. The van der Waals surface area contributed by atoms with Gasteiger partial charge in [0, 0.05) is 17.3 Å². The third kappa shape index (κ3) is 3.91. The zero-order chi connectivity index (χ0) is 15.2. The van der Waals surface area contributed by atoms with E-state index in [0.717, 1.165) is 30.0 Å². The number of benzene rings is 1. The van der Waals surface area contributed by atoms with Gasteiger partial charge in [-0.05, 0) is 49.2 Å². The molecule has 116 valence electrons. The fraction of sp³-hybridized carbons (Fsp3) is 0.389. The smallest absolute Gasteiger partial charge is 0.227 e. The van der Waals surface area contributed by atoms with Gasteiger partial charge in [0.05, 0.1) is 12.8 Å². The van der Waals surface area contributed by atoms with Crippen LogP contribution in [-0.4, -0.2) is 5.91 Å². The first kappa shape index (κ1) is 14.7. The number of hydrogen-bond acceptors (Lipinski definition) is 3. The first-order valence-electron chi connectivity index (χ1n) is 7.98. The van der Waals surface area contributed by atoms with Gasteiger partial charge in [0.2, 0.25) is 5.91 Å². The highest BCUT2D eigenvalue weighted by Gasteiger charge is 2.20. The van der Waals surface area contributed by atoms with Crippen LogP contribution in [0.25, 0.3) is 0 Å². The van der Waals surface area contributed by atoms with E-state index in [4.69, 9.17) is 4.42 Å². The molecule has 1 aliphatic rings. The minimum Gasteiger partial charge on any atom is -0.467 e. The van der Waals surface area contributed by atoms with Crippen LogP contribution >= 0.6 is 0 Å². The largest absolute Gasteiger partial charge is 0.467 e. The van der Waals surface area contributed by atoms with Gasteiger partial charge in [-0.3, -0.25) is 4.79 Å². The number of anilines is 2. The van der Waals surface area contributed by atoms with Crippen molar-refractivity contribution in [3.63, 3.8) is 0 Å². The van der Waals surface area contributed by atoms with Crippen molar-refractivity contribution in [1.29, 1.82) is 0 Å². The van der Waals surface area contributed by atoms with Gasteiger partial charge in [-0.25, -0.2) is 0 Å². The Morgan fingerprint density at radius 1 is 1.05 bits per heavy atom. The van der Waals surface area contributed by atoms with Crippen molar-refractivity contribution >= 4 is 17.3 Å². The molecule has 2 aromatic rings. The summed E-state index contributed by atoms with van der Waals surface area (Å²) in [4.78, 5) is 12.2. The van der Waals surface area contributed by atoms with Crippen LogP contribution in [-0.2, 0) is 11.3 Å². The Balaban J connectivity index is 1.51. The molecule has 1 heterocycles. The summed E-state index contributed by atoms with van der Waals surface area (Å²) < 4.78 is 5.28. The predicted molar refractivity (Wildman–Crippen MR) is 87.7 cm³/mol. The predicted octanol–water partition coefficient (Wildman–Crippen LogP) is 4.41. The topological polar surface area (TPSA) is 54.3 Å². The van der Waals surface area contributed by atoms with Crippen molar-refractivity contribution in [3.8, 4) is 0 Å². The molecule has 4 nitrogen and oxygen atoms in total. The van der Waals surface area contributed by atoms with Crippen LogP contribution in [0.5, 0.6) is 0 Å². The SMILES string of the molecule is O=C(Nc1ccc(NCc2ccco2)cc1)C1CCCCC1. The zero-order valence-corrected chi connectivity index (χ0v) is 12.7. The summed E-state index contributed by atoms with van der Waals surface area (Å²) in [7, 11) is 0. The maximum atomic E-state index is 12.2. The first-order chi connectivity index (χ1) is 10.8. The minimum absolute atomic E-state index is 0.163. The van der Waals surface area contributed by atoms with E-state index >= 15 is 0 Å². The molecular weight excluding hydrogens is 276 g/mol. The lowest BCUT2D eigenvalue weighted by Crippen LogP contribution is -2.24. The molecule has 1 fully saturated rings. The Morgan fingerprint density at radius 2 is 1.77 bits per heavy atom. The normalized spacial score (nSPS) is 15.5. The Labute approximate surface area is 130 Å². The van der Waals surface area contributed by atoms with Crippen LogP contribution in [0.15, 0.2) is 47.1 Å². The third-order valence-electron chi connectivity index (χ3n) is 4.18. The monoisotopic (exact) mass is 298 g/mol. The third-order valence-corrected chi connectivity index (χ3v) is 4.18. The van der Waals surface area contributed by atoms with Crippen LogP contribution in [0, 0.1) is 5.92 Å². The minimum atomic E-state index is 0.163. The van der Waals surface area contributed by atoms with Crippen LogP contribution < -0.4 is 10.6 Å². The molecule has 3 rings (SSSR count). The molecule has 0 bridgehead atoms. The number of carbonyl (C=O) groups is 1. The Morgan fingerprint density at radius 3 is 2.45 bits per heavy atom. The molecule has 0 aliphatic heterocycles. The molecule has 1 aromatic heterocycles. The number of amides is 1. The van der Waals surface area contributed by atoms with Crippen LogP contribution in [0.4, 0.5) is 11.4 Å². The van der Waals surface area contributed by atoms with Crippen molar-refractivity contribution in [2.24, 2.45) is 5.92 Å². The van der Waals surface area contributed by atoms with E-state index in [2.05, 4.69) is 10.6 Å². The van der Waals surface area contributed by atoms with Crippen molar-refractivity contribution in [3.05, 3.63) is 48.4 Å². The van der Waals surface area contributed by atoms with Crippen molar-refractivity contribution in [2.45, 2.75) is 38.6 Å². The second-order valence-electron chi connectivity index (χ2n) is 5.83. The van der Waals surface area contributed by atoms with Crippen LogP contribution in [0.1, 0.15) is 37.9 Å². The van der Waals surface area contributed by atoms with Gasteiger partial charge in [0.25, 0.3) is 0 Å². The summed E-state index contributed by atoms with van der Waals surface area (Å²) in [6.07, 6.45) is 7.32. The number of nitrogens with one attached hydrogen (secondary N) is 2. The summed E-state index contributed by atoms with van der Waals surface area (Å²) >= 11 is 0. The molecular formula is C18H22N2O2. The Kier molecular flexibility index (Phi) is 4.78. The standard InChI is InChI=1S/C18H22N2O2/c21-18(14-5-2-1-3-6-14)20-16-10-8-15(9-11-16)19-13-17-7-4-12-22-17/h4,7-12,14,19H,1-3,5-6,13H2,(H,20,21). The van der Waals surface area contributed by atoms with Gasteiger partial charge in [-0.2, -0.15) is 0 Å². The van der Waals surface area contributed by atoms with E-state index in [1.54, 1.807) is 6.26 Å². The first-order valence-corrected chi connectivity index (χ1v) is 7.98. The Hall–Kier alpha value is -2.23. The molecule has 1 aliphatic carbocycles. The van der Waals surface area contributed by atoms with E-state index in [9.17, 15) is 4.79 Å². The van der Waals surface area contributed by atoms with Crippen molar-refractivity contribution < 1.29 is 9.21 Å². The highest BCUT2D eigenvalue weighted by Crippen LogP contribution is 2.25. The van der Waals surface area contributed by atoms with Crippen molar-refractivity contribution in [1.82, 2.24) is 0 Å². The molecule has 22 heavy (non-hydrogen) atoms. The van der Waals surface area contributed by atoms with Crippen LogP contribution in [0.2, 0.25) is 0 Å². The molecule has 0 spiro atoms. The molecule has 4 heteroatoms. The van der Waals surface area contributed by atoms with E-state index in [-0.39, 0.29) is 11.8 Å². The van der Waals surface area contributed by atoms with Gasteiger partial charge in [-0.15, -0.1) is 0 Å². The highest BCUT2D eigenvalue weighted by molar-refractivity contribution is 5.92. The molecule has 1 amide bonds. The van der Waals surface area contributed by atoms with Crippen LogP contribution in [0.3, 0.4) is 0 Å². The summed E-state index contributed by atoms with van der Waals surface area (Å²) in [5, 5.41) is 6.31. The van der Waals surface area contributed by atoms with E-state index in [0.29, 0.717) is 6.54 Å². The molecule has 1 saturated carbocycles. The molecule has 0 unspecified atom stereocenters. The maximum Gasteiger partial charge on any atom is 0.227 e. The van der Waals surface area contributed by atoms with Gasteiger partial charge >= 0.3 is 0 Å². The second-order valence-corrected chi connectivity index (χ2v) is 5.83. The van der Waals surface area contributed by atoms with Gasteiger partial charge in [-0.1, -0.05) is 19.3 Å². The number of carbonyl (C=O) groups excluding carboxylic acids is 1. The zero-order valence-electron chi connectivity index (χ0n) is 12.7. The molecule has 0 saturated heterocycles. The van der Waals surface area contributed by atoms with Crippen molar-refractivity contribution in [2.75, 3.05) is 10.6 Å².